The lowest BCUT2D eigenvalue weighted by Gasteiger charge is -2.02. The van der Waals surface area contributed by atoms with Gasteiger partial charge in [0.25, 0.3) is 5.56 Å². The minimum Gasteiger partial charge on any atom is -0.295 e. The van der Waals surface area contributed by atoms with Crippen molar-refractivity contribution >= 4 is 22.8 Å². The topological polar surface area (TPSA) is 63.6 Å². The molecule has 0 amide bonds. The van der Waals surface area contributed by atoms with Gasteiger partial charge in [0.1, 0.15) is 6.33 Å². The molecular formula is C11H7ClN4O. The molecule has 3 rings (SSSR count). The highest BCUT2D eigenvalue weighted by Gasteiger charge is 2.10. The van der Waals surface area contributed by atoms with E-state index in [1.807, 2.05) is 30.3 Å². The average Bonchev–Trinajstić information content (AvgIpc) is 2.74. The molecule has 0 bridgehead atoms. The fraction of sp³-hybridized carbons (Fsp3) is 0. The second-order valence-electron chi connectivity index (χ2n) is 3.48. The van der Waals surface area contributed by atoms with Crippen molar-refractivity contribution in [2.24, 2.45) is 0 Å². The summed E-state index contributed by atoms with van der Waals surface area (Å²) in [6.07, 6.45) is 1.55. The molecule has 0 saturated carbocycles. The van der Waals surface area contributed by atoms with Crippen LogP contribution in [0.4, 0.5) is 0 Å². The maximum absolute atomic E-state index is 11.6. The van der Waals surface area contributed by atoms with Crippen LogP contribution in [0.2, 0.25) is 5.28 Å². The fourth-order valence-corrected chi connectivity index (χ4v) is 1.83. The number of hydrogen-bond donors (Lipinski definition) is 1. The van der Waals surface area contributed by atoms with E-state index in [2.05, 4.69) is 15.0 Å². The minimum atomic E-state index is -0.338. The maximum Gasteiger partial charge on any atom is 0.280 e. The summed E-state index contributed by atoms with van der Waals surface area (Å²) in [6, 6.07) is 9.51. The number of H-pyrrole nitrogens is 1. The molecule has 84 valence electrons. The number of nitrogens with zero attached hydrogens (tertiary/aromatic N) is 3. The first kappa shape index (κ1) is 10.0. The Bertz CT molecular complexity index is 732. The lowest BCUT2D eigenvalue weighted by Crippen LogP contribution is -2.08. The molecule has 0 aliphatic rings. The van der Waals surface area contributed by atoms with Crippen molar-refractivity contribution in [1.29, 1.82) is 0 Å². The highest BCUT2D eigenvalue weighted by atomic mass is 35.5. The van der Waals surface area contributed by atoms with Gasteiger partial charge >= 0.3 is 0 Å². The molecule has 1 N–H and O–H groups in total. The molecule has 0 unspecified atom stereocenters. The van der Waals surface area contributed by atoms with Gasteiger partial charge in [0, 0.05) is 5.69 Å². The monoisotopic (exact) mass is 246 g/mol. The van der Waals surface area contributed by atoms with E-state index in [4.69, 9.17) is 11.6 Å². The van der Waals surface area contributed by atoms with Crippen LogP contribution >= 0.6 is 11.6 Å². The van der Waals surface area contributed by atoms with Crippen molar-refractivity contribution in [1.82, 2.24) is 19.5 Å². The summed E-state index contributed by atoms with van der Waals surface area (Å²) in [5, 5.41) is 0.0557. The molecule has 0 saturated heterocycles. The van der Waals surface area contributed by atoms with Gasteiger partial charge in [0.15, 0.2) is 11.2 Å². The third kappa shape index (κ3) is 1.60. The molecule has 0 spiro atoms. The van der Waals surface area contributed by atoms with Crippen molar-refractivity contribution < 1.29 is 0 Å². The van der Waals surface area contributed by atoms with Crippen LogP contribution in [0.1, 0.15) is 0 Å². The van der Waals surface area contributed by atoms with Gasteiger partial charge in [0.05, 0.1) is 0 Å². The molecule has 0 fully saturated rings. The van der Waals surface area contributed by atoms with Crippen LogP contribution in [0, 0.1) is 0 Å². The van der Waals surface area contributed by atoms with Crippen LogP contribution in [-0.4, -0.2) is 19.5 Å². The van der Waals surface area contributed by atoms with E-state index in [1.165, 1.54) is 0 Å². The summed E-state index contributed by atoms with van der Waals surface area (Å²) in [7, 11) is 0. The summed E-state index contributed by atoms with van der Waals surface area (Å²) in [6.45, 7) is 0. The van der Waals surface area contributed by atoms with E-state index < -0.39 is 0 Å². The Morgan fingerprint density at radius 1 is 1.24 bits per heavy atom. The summed E-state index contributed by atoms with van der Waals surface area (Å²) in [5.74, 6) is 0. The lowest BCUT2D eigenvalue weighted by atomic mass is 10.3. The Morgan fingerprint density at radius 2 is 2.00 bits per heavy atom. The van der Waals surface area contributed by atoms with Gasteiger partial charge in [-0.25, -0.2) is 4.98 Å². The van der Waals surface area contributed by atoms with Crippen LogP contribution in [0.3, 0.4) is 0 Å². The molecule has 2 aromatic heterocycles. The smallest absolute Gasteiger partial charge is 0.280 e. The molecule has 1 aromatic carbocycles. The molecule has 3 aromatic rings. The molecule has 0 aliphatic carbocycles. The number of hydrogen-bond acceptors (Lipinski definition) is 3. The highest BCUT2D eigenvalue weighted by molar-refractivity contribution is 6.28. The number of imidazole rings is 1. The zero-order chi connectivity index (χ0) is 11.8. The summed E-state index contributed by atoms with van der Waals surface area (Å²) < 4.78 is 1.72. The molecule has 2 heterocycles. The number of rotatable bonds is 1. The number of fused-ring (bicyclic) bond motifs is 1. The van der Waals surface area contributed by atoms with Gasteiger partial charge in [-0.05, 0) is 23.7 Å². The molecule has 0 radical (unpaired) electrons. The molecule has 6 heteroatoms. The zero-order valence-electron chi connectivity index (χ0n) is 8.59. The van der Waals surface area contributed by atoms with E-state index in [0.29, 0.717) is 5.65 Å². The molecule has 0 atom stereocenters. The lowest BCUT2D eigenvalue weighted by molar-refractivity contribution is 1.06. The van der Waals surface area contributed by atoms with Gasteiger partial charge in [-0.15, -0.1) is 0 Å². The van der Waals surface area contributed by atoms with E-state index in [1.54, 1.807) is 10.9 Å². The van der Waals surface area contributed by atoms with E-state index in [0.717, 1.165) is 5.69 Å². The van der Waals surface area contributed by atoms with Crippen molar-refractivity contribution in [3.05, 3.63) is 52.3 Å². The average molecular weight is 247 g/mol. The number of benzene rings is 1. The summed E-state index contributed by atoms with van der Waals surface area (Å²) in [4.78, 5) is 22.1. The second-order valence-corrected chi connectivity index (χ2v) is 3.84. The van der Waals surface area contributed by atoms with Crippen LogP contribution in [-0.2, 0) is 0 Å². The predicted molar refractivity (Wildman–Crippen MR) is 64.5 cm³/mol. The van der Waals surface area contributed by atoms with Gasteiger partial charge in [0.2, 0.25) is 5.28 Å². The number of nitrogens with one attached hydrogen (secondary N) is 1. The van der Waals surface area contributed by atoms with Gasteiger partial charge in [-0.2, -0.15) is 4.98 Å². The first-order valence-electron chi connectivity index (χ1n) is 4.94. The SMILES string of the molecule is O=c1[nH]c(Cl)nc2c1ncn2-c1ccccc1. The Kier molecular flexibility index (Phi) is 2.19. The Hall–Kier alpha value is -2.14. The molecule has 5 nitrogen and oxygen atoms in total. The number of aromatic nitrogens is 4. The van der Waals surface area contributed by atoms with Crippen molar-refractivity contribution in [3.8, 4) is 5.69 Å². The standard InChI is InChI=1S/C11H7ClN4O/c12-11-14-9-8(10(17)15-11)13-6-16(9)7-4-2-1-3-5-7/h1-6H,(H,14,15,17). The quantitative estimate of drug-likeness (QED) is 0.666. The van der Waals surface area contributed by atoms with Crippen LogP contribution in [0.25, 0.3) is 16.9 Å². The van der Waals surface area contributed by atoms with Crippen LogP contribution < -0.4 is 5.56 Å². The number of para-hydroxylation sites is 1. The Morgan fingerprint density at radius 3 is 2.76 bits per heavy atom. The van der Waals surface area contributed by atoms with Crippen molar-refractivity contribution in [3.63, 3.8) is 0 Å². The fourth-order valence-electron chi connectivity index (χ4n) is 1.66. The molecule has 17 heavy (non-hydrogen) atoms. The zero-order valence-corrected chi connectivity index (χ0v) is 9.35. The summed E-state index contributed by atoms with van der Waals surface area (Å²) in [5.41, 5.74) is 1.27. The van der Waals surface area contributed by atoms with E-state index in [-0.39, 0.29) is 16.4 Å². The van der Waals surface area contributed by atoms with E-state index >= 15 is 0 Å². The third-order valence-corrected chi connectivity index (χ3v) is 2.59. The summed E-state index contributed by atoms with van der Waals surface area (Å²) >= 11 is 5.73. The predicted octanol–water partition coefficient (Wildman–Crippen LogP) is 1.76. The first-order valence-corrected chi connectivity index (χ1v) is 5.32. The third-order valence-electron chi connectivity index (χ3n) is 2.41. The minimum absolute atomic E-state index is 0.0557. The highest BCUT2D eigenvalue weighted by Crippen LogP contribution is 2.14. The Labute approximate surface area is 101 Å². The largest absolute Gasteiger partial charge is 0.295 e. The Balaban J connectivity index is 2.36. The second kappa shape index (κ2) is 3.71. The van der Waals surface area contributed by atoms with Crippen molar-refractivity contribution in [2.45, 2.75) is 0 Å². The van der Waals surface area contributed by atoms with E-state index in [9.17, 15) is 4.79 Å². The number of aromatic amines is 1. The molecular weight excluding hydrogens is 240 g/mol. The first-order chi connectivity index (χ1) is 8.25. The van der Waals surface area contributed by atoms with Gasteiger partial charge in [-0.3, -0.25) is 14.3 Å². The normalized spacial score (nSPS) is 10.9. The van der Waals surface area contributed by atoms with Gasteiger partial charge < -0.3 is 0 Å². The number of halogens is 1. The van der Waals surface area contributed by atoms with Crippen molar-refractivity contribution in [2.75, 3.05) is 0 Å². The van der Waals surface area contributed by atoms with Gasteiger partial charge in [-0.1, -0.05) is 18.2 Å². The van der Waals surface area contributed by atoms with Crippen LogP contribution in [0.5, 0.6) is 0 Å². The van der Waals surface area contributed by atoms with Crippen LogP contribution in [0.15, 0.2) is 41.5 Å². The maximum atomic E-state index is 11.6. The molecule has 0 aliphatic heterocycles.